The maximum atomic E-state index is 12.1. The first kappa shape index (κ1) is 11.8. The van der Waals surface area contributed by atoms with Gasteiger partial charge in [-0.2, -0.15) is 0 Å². The van der Waals surface area contributed by atoms with Gasteiger partial charge >= 0.3 is 0 Å². The Morgan fingerprint density at radius 3 is 2.36 bits per heavy atom. The monoisotopic (exact) mass is 227 g/mol. The summed E-state index contributed by atoms with van der Waals surface area (Å²) in [6.07, 6.45) is -2.05. The fraction of sp³-hybridized carbons (Fsp3) is 1.00. The number of sulfonamides is 1. The lowest BCUT2D eigenvalue weighted by molar-refractivity contribution is 0.117. The maximum Gasteiger partial charge on any atom is 0.241 e. The van der Waals surface area contributed by atoms with Crippen molar-refractivity contribution in [2.75, 3.05) is 5.75 Å². The summed E-state index contributed by atoms with van der Waals surface area (Å²) in [6, 6.07) is -0.177. The van der Waals surface area contributed by atoms with E-state index in [0.29, 0.717) is 6.42 Å². The van der Waals surface area contributed by atoms with Gasteiger partial charge in [-0.15, -0.1) is 0 Å². The summed E-state index contributed by atoms with van der Waals surface area (Å²) < 4.78 is 49.2. The molecule has 2 atom stereocenters. The van der Waals surface area contributed by atoms with Gasteiger partial charge in [-0.25, -0.2) is 21.9 Å². The number of alkyl halides is 2. The average molecular weight is 227 g/mol. The second kappa shape index (κ2) is 4.10. The van der Waals surface area contributed by atoms with Crippen LogP contribution < -0.4 is 4.72 Å². The van der Waals surface area contributed by atoms with E-state index < -0.39 is 22.4 Å². The molecule has 1 saturated carbocycles. The predicted octanol–water partition coefficient (Wildman–Crippen LogP) is 1.22. The zero-order valence-electron chi connectivity index (χ0n) is 8.20. The first-order valence-electron chi connectivity index (χ1n) is 4.60. The van der Waals surface area contributed by atoms with Gasteiger partial charge in [0.25, 0.3) is 0 Å². The molecule has 1 aliphatic rings. The Morgan fingerprint density at radius 2 is 2.00 bits per heavy atom. The molecule has 0 aromatic heterocycles. The molecule has 0 radical (unpaired) electrons. The Labute approximate surface area is 82.9 Å². The van der Waals surface area contributed by atoms with Crippen molar-refractivity contribution in [2.24, 2.45) is 11.8 Å². The van der Waals surface area contributed by atoms with Gasteiger partial charge in [-0.05, 0) is 26.2 Å². The smallest absolute Gasteiger partial charge is 0.213 e. The highest BCUT2D eigenvalue weighted by Crippen LogP contribution is 2.43. The second-order valence-corrected chi connectivity index (χ2v) is 5.85. The van der Waals surface area contributed by atoms with Gasteiger partial charge in [0.1, 0.15) is 0 Å². The Bertz CT molecular complexity index is 290. The van der Waals surface area contributed by atoms with Crippen molar-refractivity contribution in [1.29, 1.82) is 0 Å². The minimum absolute atomic E-state index is 0.166. The average Bonchev–Trinajstić information content (AvgIpc) is 2.62. The van der Waals surface area contributed by atoms with Crippen LogP contribution in [0.2, 0.25) is 0 Å². The Kier molecular flexibility index (Phi) is 3.47. The fourth-order valence-corrected chi connectivity index (χ4v) is 3.22. The summed E-state index contributed by atoms with van der Waals surface area (Å²) in [5, 5.41) is 0. The van der Waals surface area contributed by atoms with Crippen LogP contribution in [-0.2, 0) is 10.0 Å². The lowest BCUT2D eigenvalue weighted by atomic mass is 10.4. The van der Waals surface area contributed by atoms with E-state index in [-0.39, 0.29) is 17.7 Å². The van der Waals surface area contributed by atoms with Crippen molar-refractivity contribution < 1.29 is 17.2 Å². The normalized spacial score (nSPS) is 27.3. The molecule has 1 N–H and O–H groups in total. The van der Waals surface area contributed by atoms with Crippen molar-refractivity contribution in [3.63, 3.8) is 0 Å². The Balaban J connectivity index is 2.39. The van der Waals surface area contributed by atoms with Crippen LogP contribution in [0, 0.1) is 11.8 Å². The highest BCUT2D eigenvalue weighted by atomic mass is 32.2. The van der Waals surface area contributed by atoms with Gasteiger partial charge in [0.2, 0.25) is 16.4 Å². The highest BCUT2D eigenvalue weighted by Gasteiger charge is 2.46. The van der Waals surface area contributed by atoms with Crippen molar-refractivity contribution in [1.82, 2.24) is 4.72 Å². The number of halogens is 2. The third-order valence-electron chi connectivity index (χ3n) is 2.15. The molecule has 1 fully saturated rings. The molecule has 0 aromatic carbocycles. The number of hydrogen-bond acceptors (Lipinski definition) is 2. The van der Waals surface area contributed by atoms with Gasteiger partial charge < -0.3 is 0 Å². The highest BCUT2D eigenvalue weighted by molar-refractivity contribution is 7.89. The van der Waals surface area contributed by atoms with Crippen molar-refractivity contribution in [3.8, 4) is 0 Å². The summed E-state index contributed by atoms with van der Waals surface area (Å²) in [5.41, 5.74) is 0. The molecule has 1 rings (SSSR count). The van der Waals surface area contributed by atoms with Gasteiger partial charge in [-0.3, -0.25) is 0 Å². The summed E-state index contributed by atoms with van der Waals surface area (Å²) in [7, 11) is -3.37. The summed E-state index contributed by atoms with van der Waals surface area (Å²) in [6.45, 7) is 3.41. The van der Waals surface area contributed by atoms with Crippen LogP contribution in [0.4, 0.5) is 8.78 Å². The minimum atomic E-state index is -3.37. The molecule has 0 bridgehead atoms. The van der Waals surface area contributed by atoms with E-state index in [2.05, 4.69) is 4.72 Å². The second-order valence-electron chi connectivity index (χ2n) is 4.05. The molecule has 0 amide bonds. The molecule has 0 aromatic rings. The molecule has 0 saturated heterocycles. The van der Waals surface area contributed by atoms with Crippen LogP contribution in [0.1, 0.15) is 20.3 Å². The molecule has 0 spiro atoms. The van der Waals surface area contributed by atoms with Gasteiger partial charge in [0.05, 0.1) is 5.75 Å². The van der Waals surface area contributed by atoms with Gasteiger partial charge in [0.15, 0.2) is 0 Å². The fourth-order valence-electron chi connectivity index (χ4n) is 1.46. The zero-order valence-corrected chi connectivity index (χ0v) is 9.02. The van der Waals surface area contributed by atoms with Crippen molar-refractivity contribution >= 4 is 10.0 Å². The molecular weight excluding hydrogens is 212 g/mol. The maximum absolute atomic E-state index is 12.1. The molecule has 3 nitrogen and oxygen atoms in total. The van der Waals surface area contributed by atoms with E-state index in [9.17, 15) is 17.2 Å². The Morgan fingerprint density at radius 1 is 1.43 bits per heavy atom. The molecular formula is C8H15F2NO2S. The zero-order chi connectivity index (χ0) is 10.9. The summed E-state index contributed by atoms with van der Waals surface area (Å²) in [4.78, 5) is 0. The summed E-state index contributed by atoms with van der Waals surface area (Å²) in [5.74, 6) is -1.23. The van der Waals surface area contributed by atoms with Crippen LogP contribution in [0.15, 0.2) is 0 Å². The van der Waals surface area contributed by atoms with E-state index in [0.717, 1.165) is 0 Å². The van der Waals surface area contributed by atoms with Crippen LogP contribution >= 0.6 is 0 Å². The lowest BCUT2D eigenvalue weighted by Gasteiger charge is -2.08. The molecule has 0 aliphatic heterocycles. The predicted molar refractivity (Wildman–Crippen MR) is 49.7 cm³/mol. The van der Waals surface area contributed by atoms with Crippen molar-refractivity contribution in [2.45, 2.75) is 32.7 Å². The topological polar surface area (TPSA) is 46.2 Å². The molecule has 0 heterocycles. The van der Waals surface area contributed by atoms with E-state index in [1.165, 1.54) is 0 Å². The van der Waals surface area contributed by atoms with Crippen LogP contribution in [-0.4, -0.2) is 26.6 Å². The lowest BCUT2D eigenvalue weighted by Crippen LogP contribution is -2.33. The SMILES string of the molecule is CC(C)NS(=O)(=O)C[C@@H]1C[C@H]1C(F)F. The van der Waals surface area contributed by atoms with Crippen LogP contribution in [0.5, 0.6) is 0 Å². The van der Waals surface area contributed by atoms with Gasteiger partial charge in [-0.1, -0.05) is 0 Å². The summed E-state index contributed by atoms with van der Waals surface area (Å²) >= 11 is 0. The first-order chi connectivity index (χ1) is 6.32. The van der Waals surface area contributed by atoms with Crippen molar-refractivity contribution in [3.05, 3.63) is 0 Å². The number of hydrogen-bond donors (Lipinski definition) is 1. The molecule has 14 heavy (non-hydrogen) atoms. The van der Waals surface area contributed by atoms with E-state index in [1.54, 1.807) is 13.8 Å². The number of rotatable bonds is 5. The quantitative estimate of drug-likeness (QED) is 0.767. The third-order valence-corrected chi connectivity index (χ3v) is 3.85. The third kappa shape index (κ3) is 3.49. The molecule has 6 heteroatoms. The largest absolute Gasteiger partial charge is 0.241 e. The van der Waals surface area contributed by atoms with Crippen LogP contribution in [0.25, 0.3) is 0 Å². The van der Waals surface area contributed by atoms with E-state index in [4.69, 9.17) is 0 Å². The van der Waals surface area contributed by atoms with E-state index in [1.807, 2.05) is 0 Å². The first-order valence-corrected chi connectivity index (χ1v) is 6.25. The van der Waals surface area contributed by atoms with Crippen LogP contribution in [0.3, 0.4) is 0 Å². The molecule has 84 valence electrons. The standard InChI is InChI=1S/C8H15F2NO2S/c1-5(2)11-14(12,13)4-6-3-7(6)8(9)10/h5-8,11H,3-4H2,1-2H3/t6-,7+/m0/s1. The molecule has 1 aliphatic carbocycles. The molecule has 0 unspecified atom stereocenters. The Hall–Kier alpha value is -0.230. The minimum Gasteiger partial charge on any atom is -0.213 e. The number of nitrogens with one attached hydrogen (secondary N) is 1. The van der Waals surface area contributed by atoms with Gasteiger partial charge in [0, 0.05) is 12.0 Å². The van der Waals surface area contributed by atoms with E-state index >= 15 is 0 Å².